The second-order valence-electron chi connectivity index (χ2n) is 4.50. The van der Waals surface area contributed by atoms with Crippen molar-refractivity contribution in [3.63, 3.8) is 0 Å². The summed E-state index contributed by atoms with van der Waals surface area (Å²) in [5, 5.41) is 3.41. The fourth-order valence-corrected chi connectivity index (χ4v) is 2.21. The van der Waals surface area contributed by atoms with E-state index in [1.54, 1.807) is 0 Å². The van der Waals surface area contributed by atoms with Gasteiger partial charge in [0.15, 0.2) is 0 Å². The molecule has 1 aliphatic rings. The van der Waals surface area contributed by atoms with Gasteiger partial charge in [0.2, 0.25) is 11.8 Å². The number of hydrogen-bond donors (Lipinski definition) is 1. The Morgan fingerprint density at radius 1 is 1.47 bits per heavy atom. The Morgan fingerprint density at radius 2 is 2.21 bits per heavy atom. The van der Waals surface area contributed by atoms with E-state index in [2.05, 4.69) is 5.32 Å². The highest BCUT2D eigenvalue weighted by Gasteiger charge is 2.31. The summed E-state index contributed by atoms with van der Waals surface area (Å²) in [5.41, 5.74) is 0.403. The Morgan fingerprint density at radius 3 is 2.95 bits per heavy atom. The van der Waals surface area contributed by atoms with Gasteiger partial charge in [-0.15, -0.1) is 0 Å². The standard InChI is InChI=1S/C13H14ClFN2O2/c1-17-12(18)5-4-11(13(17)19)16-7-8-6-9(14)2-3-10(8)15/h2-3,6,11,16H,4-5,7H2,1H3. The molecule has 102 valence electrons. The van der Waals surface area contributed by atoms with Crippen LogP contribution in [0.15, 0.2) is 18.2 Å². The molecule has 4 nitrogen and oxygen atoms in total. The lowest BCUT2D eigenvalue weighted by Gasteiger charge is -2.28. The number of likely N-dealkylation sites (N-methyl/N-ethyl adjacent to an activating group) is 1. The molecule has 1 fully saturated rings. The van der Waals surface area contributed by atoms with Crippen molar-refractivity contribution in [3.05, 3.63) is 34.6 Å². The number of piperidine rings is 1. The van der Waals surface area contributed by atoms with E-state index in [0.717, 1.165) is 4.90 Å². The first-order valence-electron chi connectivity index (χ1n) is 5.96. The van der Waals surface area contributed by atoms with Gasteiger partial charge < -0.3 is 5.32 Å². The molecule has 1 unspecified atom stereocenters. The van der Waals surface area contributed by atoms with Crippen LogP contribution in [-0.4, -0.2) is 29.8 Å². The Hall–Kier alpha value is -1.46. The number of imide groups is 1. The zero-order chi connectivity index (χ0) is 14.0. The summed E-state index contributed by atoms with van der Waals surface area (Å²) in [6.07, 6.45) is 0.752. The van der Waals surface area contributed by atoms with Gasteiger partial charge in [0.05, 0.1) is 6.04 Å². The average Bonchev–Trinajstić information content (AvgIpc) is 2.39. The predicted molar refractivity (Wildman–Crippen MR) is 69.0 cm³/mol. The molecule has 2 rings (SSSR count). The highest BCUT2D eigenvalue weighted by Crippen LogP contribution is 2.16. The van der Waals surface area contributed by atoms with E-state index in [9.17, 15) is 14.0 Å². The summed E-state index contributed by atoms with van der Waals surface area (Å²) < 4.78 is 13.5. The number of nitrogens with zero attached hydrogens (tertiary/aromatic N) is 1. The number of nitrogens with one attached hydrogen (secondary N) is 1. The monoisotopic (exact) mass is 284 g/mol. The summed E-state index contributed by atoms with van der Waals surface area (Å²) in [7, 11) is 1.46. The summed E-state index contributed by atoms with van der Waals surface area (Å²) in [4.78, 5) is 24.3. The molecule has 0 radical (unpaired) electrons. The number of hydrogen-bond acceptors (Lipinski definition) is 3. The molecule has 19 heavy (non-hydrogen) atoms. The molecule has 1 saturated heterocycles. The maximum atomic E-state index is 13.5. The molecule has 1 aliphatic heterocycles. The van der Waals surface area contributed by atoms with Gasteiger partial charge >= 0.3 is 0 Å². The number of halogens is 2. The van der Waals surface area contributed by atoms with Gasteiger partial charge in [-0.1, -0.05) is 11.6 Å². The number of rotatable bonds is 3. The van der Waals surface area contributed by atoms with Crippen molar-refractivity contribution in [2.45, 2.75) is 25.4 Å². The van der Waals surface area contributed by atoms with Gasteiger partial charge in [-0.2, -0.15) is 0 Å². The second kappa shape index (κ2) is 5.67. The van der Waals surface area contributed by atoms with E-state index in [4.69, 9.17) is 11.6 Å². The van der Waals surface area contributed by atoms with Crippen molar-refractivity contribution in [3.8, 4) is 0 Å². The summed E-state index contributed by atoms with van der Waals surface area (Å²) >= 11 is 5.80. The zero-order valence-corrected chi connectivity index (χ0v) is 11.2. The molecule has 0 aromatic heterocycles. The van der Waals surface area contributed by atoms with Crippen molar-refractivity contribution in [2.75, 3.05) is 7.05 Å². The Labute approximate surface area is 115 Å². The molecule has 2 amide bonds. The van der Waals surface area contributed by atoms with Crippen LogP contribution in [-0.2, 0) is 16.1 Å². The number of carbonyl (C=O) groups is 2. The summed E-state index contributed by atoms with van der Waals surface area (Å²) in [5.74, 6) is -0.833. The van der Waals surface area contributed by atoms with Crippen molar-refractivity contribution in [2.24, 2.45) is 0 Å². The van der Waals surface area contributed by atoms with E-state index >= 15 is 0 Å². The van der Waals surface area contributed by atoms with E-state index in [1.807, 2.05) is 0 Å². The first kappa shape index (κ1) is 14.0. The minimum absolute atomic E-state index is 0.183. The quantitative estimate of drug-likeness (QED) is 0.860. The third-order valence-electron chi connectivity index (χ3n) is 3.20. The normalized spacial score (nSPS) is 19.9. The van der Waals surface area contributed by atoms with Crippen LogP contribution in [0.2, 0.25) is 5.02 Å². The van der Waals surface area contributed by atoms with Gasteiger partial charge in [0.25, 0.3) is 0 Å². The molecule has 0 bridgehead atoms. The maximum absolute atomic E-state index is 13.5. The van der Waals surface area contributed by atoms with Crippen LogP contribution in [0.4, 0.5) is 4.39 Å². The first-order chi connectivity index (χ1) is 8.99. The van der Waals surface area contributed by atoms with Crippen molar-refractivity contribution in [1.29, 1.82) is 0 Å². The van der Waals surface area contributed by atoms with Gasteiger partial charge in [-0.05, 0) is 24.6 Å². The van der Waals surface area contributed by atoms with Crippen LogP contribution >= 0.6 is 11.6 Å². The minimum atomic E-state index is -0.457. The van der Waals surface area contributed by atoms with Gasteiger partial charge in [-0.25, -0.2) is 4.39 Å². The van der Waals surface area contributed by atoms with Gasteiger partial charge in [0, 0.05) is 30.6 Å². The fourth-order valence-electron chi connectivity index (χ4n) is 2.02. The first-order valence-corrected chi connectivity index (χ1v) is 6.34. The fraction of sp³-hybridized carbons (Fsp3) is 0.385. The van der Waals surface area contributed by atoms with Crippen molar-refractivity contribution in [1.82, 2.24) is 10.2 Å². The summed E-state index contributed by atoms with van der Waals surface area (Å²) in [6, 6.07) is 3.82. The molecule has 1 N–H and O–H groups in total. The SMILES string of the molecule is CN1C(=O)CCC(NCc2cc(Cl)ccc2F)C1=O. The van der Waals surface area contributed by atoms with Crippen LogP contribution in [0.1, 0.15) is 18.4 Å². The number of amides is 2. The topological polar surface area (TPSA) is 49.4 Å². The predicted octanol–water partition coefficient (Wildman–Crippen LogP) is 1.72. The maximum Gasteiger partial charge on any atom is 0.246 e. The molecular formula is C13H14ClFN2O2. The van der Waals surface area contributed by atoms with E-state index in [0.29, 0.717) is 23.4 Å². The van der Waals surface area contributed by atoms with Crippen LogP contribution in [0, 0.1) is 5.82 Å². The molecule has 1 aromatic carbocycles. The average molecular weight is 285 g/mol. The second-order valence-corrected chi connectivity index (χ2v) is 4.94. The van der Waals surface area contributed by atoms with Crippen LogP contribution in [0.3, 0.4) is 0 Å². The Bertz CT molecular complexity index is 521. The molecular weight excluding hydrogens is 271 g/mol. The molecule has 6 heteroatoms. The Kier molecular flexibility index (Phi) is 4.17. The number of likely N-dealkylation sites (tertiary alicyclic amines) is 1. The largest absolute Gasteiger partial charge is 0.302 e. The number of carbonyl (C=O) groups excluding carboxylic acids is 2. The molecule has 1 atom stereocenters. The molecule has 1 aromatic rings. The lowest BCUT2D eigenvalue weighted by molar-refractivity contribution is -0.148. The molecule has 0 spiro atoms. The third kappa shape index (κ3) is 3.11. The van der Waals surface area contributed by atoms with E-state index < -0.39 is 6.04 Å². The molecule has 1 heterocycles. The highest BCUT2D eigenvalue weighted by molar-refractivity contribution is 6.30. The van der Waals surface area contributed by atoms with E-state index in [-0.39, 0.29) is 24.2 Å². The van der Waals surface area contributed by atoms with Gasteiger partial charge in [0.1, 0.15) is 5.82 Å². The Balaban J connectivity index is 2.01. The third-order valence-corrected chi connectivity index (χ3v) is 3.43. The summed E-state index contributed by atoms with van der Waals surface area (Å²) in [6.45, 7) is 0.199. The van der Waals surface area contributed by atoms with Crippen LogP contribution in [0.5, 0.6) is 0 Å². The minimum Gasteiger partial charge on any atom is -0.302 e. The van der Waals surface area contributed by atoms with Crippen LogP contribution in [0.25, 0.3) is 0 Å². The van der Waals surface area contributed by atoms with Crippen molar-refractivity contribution >= 4 is 23.4 Å². The smallest absolute Gasteiger partial charge is 0.246 e. The highest BCUT2D eigenvalue weighted by atomic mass is 35.5. The molecule has 0 aliphatic carbocycles. The lowest BCUT2D eigenvalue weighted by Crippen LogP contribution is -2.51. The lowest BCUT2D eigenvalue weighted by atomic mass is 10.0. The molecule has 0 saturated carbocycles. The van der Waals surface area contributed by atoms with Crippen LogP contribution < -0.4 is 5.32 Å². The number of benzene rings is 1. The van der Waals surface area contributed by atoms with Gasteiger partial charge in [-0.3, -0.25) is 14.5 Å². The van der Waals surface area contributed by atoms with Crippen molar-refractivity contribution < 1.29 is 14.0 Å². The van der Waals surface area contributed by atoms with E-state index in [1.165, 1.54) is 25.2 Å². The zero-order valence-electron chi connectivity index (χ0n) is 10.5.